The van der Waals surface area contributed by atoms with Crippen molar-refractivity contribution < 1.29 is 22.3 Å². The van der Waals surface area contributed by atoms with Gasteiger partial charge in [-0.15, -0.1) is 0 Å². The van der Waals surface area contributed by atoms with Crippen molar-refractivity contribution in [2.24, 2.45) is 0 Å². The van der Waals surface area contributed by atoms with Crippen LogP contribution in [0.1, 0.15) is 17.3 Å². The Bertz CT molecular complexity index is 542. The molecule has 1 aromatic rings. The maximum atomic E-state index is 12.8. The number of sulfone groups is 1. The normalized spacial score (nSPS) is 11.2. The summed E-state index contributed by atoms with van der Waals surface area (Å²) in [7, 11) is -3.18. The van der Waals surface area contributed by atoms with Gasteiger partial charge in [0.25, 0.3) is 0 Å². The summed E-state index contributed by atoms with van der Waals surface area (Å²) in [6.45, 7) is 1.26. The van der Waals surface area contributed by atoms with Crippen molar-refractivity contribution in [3.05, 3.63) is 29.6 Å². The molecular weight excluding hydrogens is 261 g/mol. The number of hydrogen-bond donors (Lipinski definition) is 1. The van der Waals surface area contributed by atoms with E-state index in [9.17, 15) is 17.6 Å². The summed E-state index contributed by atoms with van der Waals surface area (Å²) >= 11 is 0. The third-order valence-electron chi connectivity index (χ3n) is 2.30. The minimum Gasteiger partial charge on any atom is -0.461 e. The maximum absolute atomic E-state index is 12.8. The van der Waals surface area contributed by atoms with Crippen LogP contribution in [0.4, 0.5) is 10.1 Å². The number of hydrogen-bond acceptors (Lipinski definition) is 5. The molecular formula is C11H14FNO4S. The van der Waals surface area contributed by atoms with Crippen LogP contribution in [-0.2, 0) is 14.6 Å². The molecule has 0 fully saturated rings. The van der Waals surface area contributed by atoms with E-state index >= 15 is 0 Å². The summed E-state index contributed by atoms with van der Waals surface area (Å²) in [5, 5.41) is 0. The molecule has 0 bridgehead atoms. The number of carbonyl (C=O) groups excluding carboxylic acids is 1. The zero-order valence-corrected chi connectivity index (χ0v) is 10.7. The molecule has 1 rings (SSSR count). The average molecular weight is 275 g/mol. The lowest BCUT2D eigenvalue weighted by molar-refractivity contribution is 0.0530. The van der Waals surface area contributed by atoms with Crippen molar-refractivity contribution in [1.29, 1.82) is 0 Å². The number of anilines is 1. The van der Waals surface area contributed by atoms with Crippen LogP contribution in [0.2, 0.25) is 0 Å². The van der Waals surface area contributed by atoms with Gasteiger partial charge in [-0.2, -0.15) is 0 Å². The smallest absolute Gasteiger partial charge is 0.340 e. The Morgan fingerprint density at radius 3 is 2.67 bits per heavy atom. The van der Waals surface area contributed by atoms with Gasteiger partial charge in [0.15, 0.2) is 9.84 Å². The highest BCUT2D eigenvalue weighted by Crippen LogP contribution is 2.14. The molecule has 0 saturated carbocycles. The molecule has 0 saturated heterocycles. The molecule has 0 heterocycles. The van der Waals surface area contributed by atoms with E-state index in [1.807, 2.05) is 0 Å². The Morgan fingerprint density at radius 1 is 1.44 bits per heavy atom. The zero-order valence-electron chi connectivity index (χ0n) is 9.85. The van der Waals surface area contributed by atoms with Crippen LogP contribution in [0.15, 0.2) is 18.2 Å². The molecule has 0 spiro atoms. The van der Waals surface area contributed by atoms with Crippen molar-refractivity contribution in [3.8, 4) is 0 Å². The molecule has 18 heavy (non-hydrogen) atoms. The second-order valence-electron chi connectivity index (χ2n) is 3.60. The SMILES string of the molecule is CCS(=O)(=O)CCOC(=O)c1ccc(F)cc1N. The summed E-state index contributed by atoms with van der Waals surface area (Å²) in [5.41, 5.74) is 5.42. The Balaban J connectivity index is 2.61. The molecule has 100 valence electrons. The van der Waals surface area contributed by atoms with E-state index in [-0.39, 0.29) is 29.4 Å². The lowest BCUT2D eigenvalue weighted by atomic mass is 10.2. The first kappa shape index (κ1) is 14.4. The van der Waals surface area contributed by atoms with Gasteiger partial charge >= 0.3 is 5.97 Å². The molecule has 1 aromatic carbocycles. The van der Waals surface area contributed by atoms with E-state index < -0.39 is 21.6 Å². The highest BCUT2D eigenvalue weighted by Gasteiger charge is 2.14. The van der Waals surface area contributed by atoms with Crippen LogP contribution in [0.5, 0.6) is 0 Å². The van der Waals surface area contributed by atoms with E-state index in [1.165, 1.54) is 13.0 Å². The number of esters is 1. The largest absolute Gasteiger partial charge is 0.461 e. The third kappa shape index (κ3) is 3.99. The predicted molar refractivity (Wildman–Crippen MR) is 65.4 cm³/mol. The number of rotatable bonds is 5. The van der Waals surface area contributed by atoms with Crippen molar-refractivity contribution in [3.63, 3.8) is 0 Å². The molecule has 0 aliphatic carbocycles. The molecule has 0 aromatic heterocycles. The van der Waals surface area contributed by atoms with Gasteiger partial charge < -0.3 is 10.5 Å². The molecule has 5 nitrogen and oxygen atoms in total. The van der Waals surface area contributed by atoms with Crippen LogP contribution >= 0.6 is 0 Å². The third-order valence-corrected chi connectivity index (χ3v) is 3.97. The lowest BCUT2D eigenvalue weighted by Crippen LogP contribution is -2.17. The number of ether oxygens (including phenoxy) is 1. The first-order valence-electron chi connectivity index (χ1n) is 5.28. The van der Waals surface area contributed by atoms with Gasteiger partial charge in [-0.1, -0.05) is 6.92 Å². The molecule has 7 heteroatoms. The predicted octanol–water partition coefficient (Wildman–Crippen LogP) is 0.999. The van der Waals surface area contributed by atoms with Gasteiger partial charge in [0.05, 0.1) is 11.3 Å². The van der Waals surface area contributed by atoms with Crippen LogP contribution in [0, 0.1) is 5.82 Å². The Kier molecular flexibility index (Phi) is 4.66. The quantitative estimate of drug-likeness (QED) is 0.640. The van der Waals surface area contributed by atoms with Crippen LogP contribution in [0.25, 0.3) is 0 Å². The van der Waals surface area contributed by atoms with E-state index in [4.69, 9.17) is 10.5 Å². The van der Waals surface area contributed by atoms with E-state index in [0.717, 1.165) is 12.1 Å². The molecule has 0 aliphatic rings. The van der Waals surface area contributed by atoms with Crippen LogP contribution in [0.3, 0.4) is 0 Å². The van der Waals surface area contributed by atoms with Gasteiger partial charge in [0.1, 0.15) is 12.4 Å². The summed E-state index contributed by atoms with van der Waals surface area (Å²) in [5.74, 6) is -1.57. The number of nitrogen functional groups attached to an aromatic ring is 1. The van der Waals surface area contributed by atoms with Gasteiger partial charge in [-0.25, -0.2) is 17.6 Å². The van der Waals surface area contributed by atoms with Gasteiger partial charge in [-0.3, -0.25) is 0 Å². The first-order valence-corrected chi connectivity index (χ1v) is 7.10. The minimum absolute atomic E-state index is 0.0107. The second kappa shape index (κ2) is 5.81. The molecule has 0 radical (unpaired) electrons. The second-order valence-corrected chi connectivity index (χ2v) is 6.08. The van der Waals surface area contributed by atoms with Crippen molar-refractivity contribution in [2.45, 2.75) is 6.92 Å². The van der Waals surface area contributed by atoms with Crippen LogP contribution in [-0.4, -0.2) is 32.5 Å². The fourth-order valence-electron chi connectivity index (χ4n) is 1.20. The van der Waals surface area contributed by atoms with Gasteiger partial charge in [0, 0.05) is 11.4 Å². The Hall–Kier alpha value is -1.63. The van der Waals surface area contributed by atoms with E-state index in [1.54, 1.807) is 0 Å². The summed E-state index contributed by atoms with van der Waals surface area (Å²) in [6, 6.07) is 3.27. The zero-order chi connectivity index (χ0) is 13.8. The van der Waals surface area contributed by atoms with Crippen molar-refractivity contribution in [1.82, 2.24) is 0 Å². The molecule has 0 aliphatic heterocycles. The summed E-state index contributed by atoms with van der Waals surface area (Å²) < 4.78 is 39.8. The molecule has 0 amide bonds. The summed E-state index contributed by atoms with van der Waals surface area (Å²) in [4.78, 5) is 11.5. The molecule has 2 N–H and O–H groups in total. The maximum Gasteiger partial charge on any atom is 0.340 e. The number of halogens is 1. The number of benzene rings is 1. The fraction of sp³-hybridized carbons (Fsp3) is 0.364. The van der Waals surface area contributed by atoms with E-state index in [0.29, 0.717) is 0 Å². The van der Waals surface area contributed by atoms with Crippen LogP contribution < -0.4 is 5.73 Å². The average Bonchev–Trinajstić information content (AvgIpc) is 2.28. The highest BCUT2D eigenvalue weighted by molar-refractivity contribution is 7.91. The Labute approximate surface area is 105 Å². The lowest BCUT2D eigenvalue weighted by Gasteiger charge is -2.07. The standard InChI is InChI=1S/C11H14FNO4S/c1-2-18(15,16)6-5-17-11(14)9-4-3-8(12)7-10(9)13/h3-4,7H,2,5-6,13H2,1H3. The highest BCUT2D eigenvalue weighted by atomic mass is 32.2. The first-order chi connectivity index (χ1) is 8.35. The monoisotopic (exact) mass is 275 g/mol. The fourth-order valence-corrected chi connectivity index (χ4v) is 1.83. The number of nitrogens with two attached hydrogens (primary N) is 1. The molecule has 0 atom stereocenters. The van der Waals surface area contributed by atoms with Gasteiger partial charge in [0.2, 0.25) is 0 Å². The Morgan fingerprint density at radius 2 is 2.11 bits per heavy atom. The van der Waals surface area contributed by atoms with Crippen molar-refractivity contribution >= 4 is 21.5 Å². The summed E-state index contributed by atoms with van der Waals surface area (Å²) in [6.07, 6.45) is 0. The number of carbonyl (C=O) groups is 1. The minimum atomic E-state index is -3.18. The molecule has 0 unspecified atom stereocenters. The topological polar surface area (TPSA) is 86.5 Å². The van der Waals surface area contributed by atoms with Crippen molar-refractivity contribution in [2.75, 3.05) is 23.8 Å². The van der Waals surface area contributed by atoms with E-state index in [2.05, 4.69) is 0 Å². The van der Waals surface area contributed by atoms with Gasteiger partial charge in [-0.05, 0) is 18.2 Å².